The molecule has 0 aromatic carbocycles. The van der Waals surface area contributed by atoms with Gasteiger partial charge in [-0.25, -0.2) is 0 Å². The van der Waals surface area contributed by atoms with Gasteiger partial charge in [0.25, 0.3) is 0 Å². The van der Waals surface area contributed by atoms with Crippen LogP contribution in [0.4, 0.5) is 0 Å². The Morgan fingerprint density at radius 3 is 1.15 bits per heavy atom. The van der Waals surface area contributed by atoms with Gasteiger partial charge in [0, 0.05) is 19.3 Å². The molecule has 0 aromatic heterocycles. The Labute approximate surface area is 381 Å². The predicted molar refractivity (Wildman–Crippen MR) is 267 cm³/mol. The highest BCUT2D eigenvalue weighted by molar-refractivity contribution is 7.74. The average Bonchev–Trinajstić information content (AvgIpc) is 3.16. The molecule has 0 N–H and O–H groups in total. The first kappa shape index (κ1) is 59.5. The highest BCUT2D eigenvalue weighted by Gasteiger charge is 2.19. The van der Waals surface area contributed by atoms with Gasteiger partial charge in [-0.2, -0.15) is 0 Å². The summed E-state index contributed by atoms with van der Waals surface area (Å²) in [5.74, 6) is 4.46. The molecule has 7 heteroatoms. The van der Waals surface area contributed by atoms with Crippen molar-refractivity contribution in [3.8, 4) is 0 Å². The van der Waals surface area contributed by atoms with Crippen molar-refractivity contribution < 1.29 is 23.9 Å². The third-order valence-electron chi connectivity index (χ3n) is 12.6. The second-order valence-corrected chi connectivity index (χ2v) is 23.2. The fourth-order valence-electron chi connectivity index (χ4n) is 8.21. The Bertz CT molecular complexity index is 1090. The van der Waals surface area contributed by atoms with E-state index in [1.807, 2.05) is 14.1 Å². The predicted octanol–water partition coefficient (Wildman–Crippen LogP) is 15.8. The van der Waals surface area contributed by atoms with Gasteiger partial charge in [-0.05, 0) is 147 Å². The van der Waals surface area contributed by atoms with Crippen LogP contribution in [0.2, 0.25) is 0 Å². The van der Waals surface area contributed by atoms with E-state index in [-0.39, 0.29) is 11.9 Å². The van der Waals surface area contributed by atoms with E-state index in [0.717, 1.165) is 61.3 Å². The van der Waals surface area contributed by atoms with Crippen LogP contribution in [0.15, 0.2) is 23.3 Å². The molecule has 0 aliphatic rings. The Morgan fingerprint density at radius 1 is 0.459 bits per heavy atom. The molecular formula is C54H102NO5P. The van der Waals surface area contributed by atoms with Crippen molar-refractivity contribution in [2.24, 2.45) is 35.5 Å². The van der Waals surface area contributed by atoms with Crippen molar-refractivity contribution in [3.05, 3.63) is 23.3 Å². The van der Waals surface area contributed by atoms with Gasteiger partial charge in [0.2, 0.25) is 0 Å². The number of carbonyl (C=O) groups excluding carboxylic acids is 3. The lowest BCUT2D eigenvalue weighted by atomic mass is 9.91. The van der Waals surface area contributed by atoms with E-state index in [0.29, 0.717) is 63.2 Å². The zero-order valence-corrected chi connectivity index (χ0v) is 43.5. The van der Waals surface area contributed by atoms with Crippen LogP contribution in [-0.4, -0.2) is 68.5 Å². The Hall–Kier alpha value is -1.52. The van der Waals surface area contributed by atoms with Crippen LogP contribution in [-0.2, 0) is 23.9 Å². The van der Waals surface area contributed by atoms with Crippen LogP contribution in [0.5, 0.6) is 0 Å². The molecule has 0 spiro atoms. The van der Waals surface area contributed by atoms with Crippen LogP contribution in [0, 0.1) is 35.5 Å². The molecule has 61 heavy (non-hydrogen) atoms. The van der Waals surface area contributed by atoms with Gasteiger partial charge in [0.1, 0.15) is 13.2 Å². The zero-order valence-electron chi connectivity index (χ0n) is 42.6. The number of hydrogen-bond donors (Lipinski definition) is 0. The lowest BCUT2D eigenvalue weighted by Gasteiger charge is -2.17. The minimum absolute atomic E-state index is 0.194. The van der Waals surface area contributed by atoms with Crippen molar-refractivity contribution in [3.63, 3.8) is 0 Å². The molecule has 0 amide bonds. The molecular weight excluding hydrogens is 774 g/mol. The van der Waals surface area contributed by atoms with Gasteiger partial charge in [-0.3, -0.25) is 14.4 Å². The van der Waals surface area contributed by atoms with Gasteiger partial charge in [0.15, 0.2) is 5.52 Å². The van der Waals surface area contributed by atoms with E-state index >= 15 is 0 Å². The normalized spacial score (nSPS) is 15.0. The maximum atomic E-state index is 13.3. The number of rotatable bonds is 41. The van der Waals surface area contributed by atoms with Gasteiger partial charge >= 0.3 is 11.9 Å². The van der Waals surface area contributed by atoms with Crippen LogP contribution in [0.25, 0.3) is 0 Å². The van der Waals surface area contributed by atoms with Gasteiger partial charge in [-0.1, -0.05) is 156 Å². The number of allylic oxidation sites excluding steroid dienone is 2. The standard InChI is InChI=1S/C54H102NO5P/c1-44(2)22-13-24-46(5)26-15-28-48(7)30-17-32-50(9)37-40-59-52(56)34-20-42-61(54(58)36-19-39-55(11)12)43-21-35-53(57)60-41-38-51(10)33-18-31-49(8)29-16-27-47(6)25-14-23-45(3)4/h37-38,44-49H,13-36,39-43H2,1-12H3/b50-37+,51-38+. The Kier molecular flexibility index (Phi) is 37.9. The number of ether oxygens (including phenoxy) is 2. The van der Waals surface area contributed by atoms with E-state index in [4.69, 9.17) is 9.47 Å². The molecule has 0 aliphatic carbocycles. The zero-order chi connectivity index (χ0) is 45.8. The molecule has 6 nitrogen and oxygen atoms in total. The van der Waals surface area contributed by atoms with E-state index in [1.165, 1.54) is 114 Å². The molecule has 0 heterocycles. The maximum Gasteiger partial charge on any atom is 0.306 e. The van der Waals surface area contributed by atoms with E-state index < -0.39 is 7.92 Å². The van der Waals surface area contributed by atoms with E-state index in [9.17, 15) is 14.4 Å². The molecule has 0 rings (SSSR count). The number of hydrogen-bond acceptors (Lipinski definition) is 6. The van der Waals surface area contributed by atoms with Crippen LogP contribution in [0.3, 0.4) is 0 Å². The van der Waals surface area contributed by atoms with Crippen molar-refractivity contribution in [2.45, 2.75) is 223 Å². The van der Waals surface area contributed by atoms with Crippen LogP contribution in [0.1, 0.15) is 223 Å². The van der Waals surface area contributed by atoms with Crippen molar-refractivity contribution in [1.82, 2.24) is 4.90 Å². The Balaban J connectivity index is 4.45. The summed E-state index contributed by atoms with van der Waals surface area (Å²) in [7, 11) is 3.14. The fourth-order valence-corrected chi connectivity index (χ4v) is 10.5. The van der Waals surface area contributed by atoms with Gasteiger partial charge in [0.05, 0.1) is 0 Å². The van der Waals surface area contributed by atoms with Gasteiger partial charge in [-0.15, -0.1) is 0 Å². The maximum absolute atomic E-state index is 13.3. The minimum atomic E-state index is -0.908. The van der Waals surface area contributed by atoms with Crippen molar-refractivity contribution in [2.75, 3.05) is 46.2 Å². The molecule has 0 radical (unpaired) electrons. The largest absolute Gasteiger partial charge is 0.461 e. The molecule has 0 saturated carbocycles. The Morgan fingerprint density at radius 2 is 0.803 bits per heavy atom. The van der Waals surface area contributed by atoms with E-state index in [2.05, 4.69) is 86.3 Å². The molecule has 4 atom stereocenters. The summed E-state index contributed by atoms with van der Waals surface area (Å²) < 4.78 is 11.1. The third-order valence-corrected chi connectivity index (χ3v) is 15.2. The summed E-state index contributed by atoms with van der Waals surface area (Å²) >= 11 is 0. The van der Waals surface area contributed by atoms with E-state index in [1.54, 1.807) is 0 Å². The summed E-state index contributed by atoms with van der Waals surface area (Å²) in [5, 5.41) is 0. The minimum Gasteiger partial charge on any atom is -0.461 e. The van der Waals surface area contributed by atoms with Crippen molar-refractivity contribution >= 4 is 25.4 Å². The smallest absolute Gasteiger partial charge is 0.306 e. The monoisotopic (exact) mass is 876 g/mol. The molecule has 358 valence electrons. The van der Waals surface area contributed by atoms with Crippen LogP contribution < -0.4 is 0 Å². The summed E-state index contributed by atoms with van der Waals surface area (Å²) in [6.45, 7) is 24.7. The molecule has 0 saturated heterocycles. The SMILES string of the molecule is C/C(=C\COC(=O)CCCP(CCCC(=O)OC/C=C(\C)CCCC(C)CCCC(C)CCCC(C)C)C(=O)CCCN(C)C)CCCC(C)CCCC(C)CCCC(C)C. The van der Waals surface area contributed by atoms with Crippen molar-refractivity contribution in [1.29, 1.82) is 0 Å². The lowest BCUT2D eigenvalue weighted by Crippen LogP contribution is -2.15. The summed E-state index contributed by atoms with van der Waals surface area (Å²) in [6.07, 6.45) is 32.0. The topological polar surface area (TPSA) is 72.9 Å². The third kappa shape index (κ3) is 39.8. The fraction of sp³-hybridized carbons (Fsp3) is 0.870. The average molecular weight is 876 g/mol. The highest BCUT2D eigenvalue weighted by Crippen LogP contribution is 2.40. The first-order valence-corrected chi connectivity index (χ1v) is 27.2. The first-order valence-electron chi connectivity index (χ1n) is 25.5. The molecule has 0 fully saturated rings. The summed E-state index contributed by atoms with van der Waals surface area (Å²) in [6, 6.07) is 0. The molecule has 0 bridgehead atoms. The summed E-state index contributed by atoms with van der Waals surface area (Å²) in [4.78, 5) is 40.6. The number of nitrogens with zero attached hydrogens (tertiary/aromatic N) is 1. The first-order chi connectivity index (χ1) is 29.0. The quantitative estimate of drug-likeness (QED) is 0.0346. The second kappa shape index (κ2) is 38.9. The molecule has 0 aromatic rings. The summed E-state index contributed by atoms with van der Waals surface area (Å²) in [5.41, 5.74) is 2.88. The highest BCUT2D eigenvalue weighted by atomic mass is 31.1. The lowest BCUT2D eigenvalue weighted by molar-refractivity contribution is -0.143. The number of carbonyl (C=O) groups is 3. The number of esters is 2. The second-order valence-electron chi connectivity index (χ2n) is 20.7. The van der Waals surface area contributed by atoms with Gasteiger partial charge < -0.3 is 14.4 Å². The molecule has 4 unspecified atom stereocenters. The van der Waals surface area contributed by atoms with Crippen LogP contribution >= 0.6 is 7.92 Å². The molecule has 0 aliphatic heterocycles.